The number of carbonyl (C=O) groups is 1. The molecule has 1 aromatic carbocycles. The molecule has 0 aromatic heterocycles. The van der Waals surface area contributed by atoms with E-state index in [-0.39, 0.29) is 46.5 Å². The standard InChI is InChI=1S/C7H6BrNO.2ClH.Ti/c8-6-3-1-5(2-4-6)7(9)10;;;/h1-4H,(H2,9,10);2*1H;/p-1. The van der Waals surface area contributed by atoms with Crippen molar-refractivity contribution in [2.75, 3.05) is 0 Å². The summed E-state index contributed by atoms with van der Waals surface area (Å²) in [6.07, 6.45) is 0. The molecule has 6 heteroatoms. The molecule has 1 amide bonds. The van der Waals surface area contributed by atoms with Gasteiger partial charge in [-0.3, -0.25) is 0 Å². The average Bonchev–Trinajstić information content (AvgIpc) is 1.88. The smallest absolute Gasteiger partial charge is 0.0796 e. The van der Waals surface area contributed by atoms with Gasteiger partial charge in [0.2, 0.25) is 0 Å². The van der Waals surface area contributed by atoms with Crippen molar-refractivity contribution < 1.29 is 26.5 Å². The molecular formula is C7H7BrCl2NOTi-. The van der Waals surface area contributed by atoms with Gasteiger partial charge in [0.25, 0.3) is 0 Å². The number of halogens is 3. The summed E-state index contributed by atoms with van der Waals surface area (Å²) in [6, 6.07) is 6.70. The normalized spacial score (nSPS) is 7.15. The third-order valence-corrected chi connectivity index (χ3v) is 1.64. The quantitative estimate of drug-likeness (QED) is 0.731. The summed E-state index contributed by atoms with van der Waals surface area (Å²) in [4.78, 5) is 10.4. The Balaban J connectivity index is -0.000000333. The molecule has 0 radical (unpaired) electrons. The molecule has 0 saturated heterocycles. The van der Waals surface area contributed by atoms with Crippen LogP contribution in [-0.4, -0.2) is 5.91 Å². The van der Waals surface area contributed by atoms with Gasteiger partial charge in [0, 0.05) is 26.2 Å². The molecule has 1 rings (SSSR count). The van der Waals surface area contributed by atoms with Gasteiger partial charge in [-0.15, -0.1) is 24.8 Å². The number of hydrogen-bond donors (Lipinski definition) is 0. The molecule has 0 aliphatic rings. The van der Waals surface area contributed by atoms with Gasteiger partial charge in [-0.2, -0.15) is 0 Å². The van der Waals surface area contributed by atoms with Crippen LogP contribution in [0.1, 0.15) is 10.4 Å². The zero-order valence-electron chi connectivity index (χ0n) is 6.41. The van der Waals surface area contributed by atoms with Gasteiger partial charge < -0.3 is 10.5 Å². The Morgan fingerprint density at radius 2 is 1.54 bits per heavy atom. The van der Waals surface area contributed by atoms with E-state index in [1.54, 1.807) is 24.3 Å². The Kier molecular flexibility index (Phi) is 13.3. The molecule has 0 atom stereocenters. The van der Waals surface area contributed by atoms with Crippen LogP contribution in [0.5, 0.6) is 0 Å². The minimum atomic E-state index is -0.646. The Morgan fingerprint density at radius 1 is 1.15 bits per heavy atom. The molecule has 0 bridgehead atoms. The molecule has 1 N–H and O–H groups in total. The van der Waals surface area contributed by atoms with Gasteiger partial charge in [0.05, 0.1) is 5.91 Å². The zero-order chi connectivity index (χ0) is 7.56. The van der Waals surface area contributed by atoms with Gasteiger partial charge in [-0.25, -0.2) is 0 Å². The minimum Gasteiger partial charge on any atom is -0.664 e. The SMILES string of the molecule is Cl.Cl.[NH-]C(=O)c1ccc(Br)cc1.[Ti]. The summed E-state index contributed by atoms with van der Waals surface area (Å²) >= 11 is 3.22. The molecule has 0 aliphatic heterocycles. The maximum atomic E-state index is 10.4. The van der Waals surface area contributed by atoms with Gasteiger partial charge in [-0.05, 0) is 17.7 Å². The molecule has 0 aliphatic carbocycles. The first kappa shape index (κ1) is 19.1. The molecule has 0 saturated carbocycles. The van der Waals surface area contributed by atoms with Crippen LogP contribution in [0.4, 0.5) is 0 Å². The van der Waals surface area contributed by atoms with Crippen molar-refractivity contribution in [1.29, 1.82) is 0 Å². The molecule has 2 nitrogen and oxygen atoms in total. The first-order valence-electron chi connectivity index (χ1n) is 2.71. The molecule has 0 spiro atoms. The molecule has 13 heavy (non-hydrogen) atoms. The summed E-state index contributed by atoms with van der Waals surface area (Å²) in [7, 11) is 0. The fourth-order valence-electron chi connectivity index (χ4n) is 0.601. The second-order valence-electron chi connectivity index (χ2n) is 1.84. The van der Waals surface area contributed by atoms with Crippen LogP contribution in [0.15, 0.2) is 28.7 Å². The number of benzene rings is 1. The number of hydrogen-bond acceptors (Lipinski definition) is 1. The maximum absolute atomic E-state index is 10.4. The van der Waals surface area contributed by atoms with E-state index in [1.165, 1.54) is 0 Å². The van der Waals surface area contributed by atoms with Crippen molar-refractivity contribution in [2.24, 2.45) is 0 Å². The number of nitrogens with one attached hydrogen (secondary N) is 1. The summed E-state index contributed by atoms with van der Waals surface area (Å²) in [5.41, 5.74) is 7.15. The summed E-state index contributed by atoms with van der Waals surface area (Å²) in [5, 5.41) is 0. The molecule has 0 heterocycles. The second-order valence-corrected chi connectivity index (χ2v) is 2.75. The second kappa shape index (κ2) is 9.04. The zero-order valence-corrected chi connectivity index (χ0v) is 11.2. The summed E-state index contributed by atoms with van der Waals surface area (Å²) in [5.74, 6) is -0.646. The van der Waals surface area contributed by atoms with Crippen LogP contribution in [-0.2, 0) is 21.7 Å². The topological polar surface area (TPSA) is 40.9 Å². The van der Waals surface area contributed by atoms with Gasteiger partial charge in [0.1, 0.15) is 0 Å². The Morgan fingerprint density at radius 3 is 1.85 bits per heavy atom. The fourth-order valence-corrected chi connectivity index (χ4v) is 0.866. The summed E-state index contributed by atoms with van der Waals surface area (Å²) in [6.45, 7) is 0. The average molecular weight is 320 g/mol. The molecule has 1 aromatic rings. The Labute approximate surface area is 112 Å². The van der Waals surface area contributed by atoms with Crippen LogP contribution >= 0.6 is 40.7 Å². The van der Waals surface area contributed by atoms with E-state index in [4.69, 9.17) is 5.73 Å². The molecule has 0 fully saturated rings. The van der Waals surface area contributed by atoms with E-state index in [1.807, 2.05) is 0 Å². The van der Waals surface area contributed by atoms with Crippen LogP contribution in [0.25, 0.3) is 5.73 Å². The van der Waals surface area contributed by atoms with E-state index in [0.717, 1.165) is 4.47 Å². The molecule has 72 valence electrons. The number of amides is 1. The minimum absolute atomic E-state index is 0. The molecule has 0 unspecified atom stereocenters. The van der Waals surface area contributed by atoms with E-state index in [2.05, 4.69) is 15.9 Å². The van der Waals surface area contributed by atoms with Crippen molar-refractivity contribution in [3.05, 3.63) is 40.0 Å². The Hall–Kier alpha value is 0.464. The maximum Gasteiger partial charge on any atom is 0.0796 e. The predicted molar refractivity (Wildman–Crippen MR) is 57.3 cm³/mol. The Bertz CT molecular complexity index is 255. The third-order valence-electron chi connectivity index (χ3n) is 1.11. The van der Waals surface area contributed by atoms with Crippen molar-refractivity contribution in [3.63, 3.8) is 0 Å². The van der Waals surface area contributed by atoms with E-state index < -0.39 is 5.91 Å². The first-order chi connectivity index (χ1) is 4.70. The predicted octanol–water partition coefficient (Wildman–Crippen LogP) is 3.48. The van der Waals surface area contributed by atoms with Gasteiger partial charge in [-0.1, -0.05) is 28.1 Å². The van der Waals surface area contributed by atoms with Crippen LogP contribution in [0.3, 0.4) is 0 Å². The van der Waals surface area contributed by atoms with Crippen LogP contribution < -0.4 is 0 Å². The van der Waals surface area contributed by atoms with E-state index in [0.29, 0.717) is 5.56 Å². The first-order valence-corrected chi connectivity index (χ1v) is 3.51. The van der Waals surface area contributed by atoms with Crippen LogP contribution in [0.2, 0.25) is 0 Å². The number of rotatable bonds is 1. The van der Waals surface area contributed by atoms with Gasteiger partial charge >= 0.3 is 0 Å². The number of carbonyl (C=O) groups excluding carboxylic acids is 1. The monoisotopic (exact) mass is 318 g/mol. The van der Waals surface area contributed by atoms with Crippen molar-refractivity contribution in [1.82, 2.24) is 0 Å². The van der Waals surface area contributed by atoms with Crippen molar-refractivity contribution >= 4 is 46.7 Å². The van der Waals surface area contributed by atoms with E-state index in [9.17, 15) is 4.79 Å². The van der Waals surface area contributed by atoms with E-state index >= 15 is 0 Å². The van der Waals surface area contributed by atoms with Crippen molar-refractivity contribution in [3.8, 4) is 0 Å². The van der Waals surface area contributed by atoms with Crippen LogP contribution in [0, 0.1) is 0 Å². The van der Waals surface area contributed by atoms with Crippen molar-refractivity contribution in [2.45, 2.75) is 0 Å². The van der Waals surface area contributed by atoms with Gasteiger partial charge in [0.15, 0.2) is 0 Å². The fraction of sp³-hybridized carbons (Fsp3) is 0. The molecular weight excluding hydrogens is 313 g/mol. The third kappa shape index (κ3) is 6.52. The largest absolute Gasteiger partial charge is 0.664 e. The summed E-state index contributed by atoms with van der Waals surface area (Å²) < 4.78 is 0.914.